The van der Waals surface area contributed by atoms with Gasteiger partial charge in [-0.2, -0.15) is 0 Å². The topological polar surface area (TPSA) is 49.4 Å². The summed E-state index contributed by atoms with van der Waals surface area (Å²) in [5, 5.41) is 0. The summed E-state index contributed by atoms with van der Waals surface area (Å²) < 4.78 is 25.6. The van der Waals surface area contributed by atoms with Crippen molar-refractivity contribution in [2.75, 3.05) is 25.9 Å². The number of nitrogens with one attached hydrogen (secondary N) is 1. The van der Waals surface area contributed by atoms with Gasteiger partial charge in [-0.3, -0.25) is 0 Å². The van der Waals surface area contributed by atoms with Crippen LogP contribution in [0.15, 0.2) is 30.3 Å². The van der Waals surface area contributed by atoms with Crippen molar-refractivity contribution < 1.29 is 8.42 Å². The molecule has 1 aromatic carbocycles. The largest absolute Gasteiger partial charge is 0.302 e. The summed E-state index contributed by atoms with van der Waals surface area (Å²) in [7, 11) is -3.21. The molecule has 0 aliphatic carbocycles. The zero-order valence-electron chi connectivity index (χ0n) is 11.3. The predicted octanol–water partition coefficient (Wildman–Crippen LogP) is 1.62. The van der Waals surface area contributed by atoms with Gasteiger partial charge in [-0.1, -0.05) is 44.2 Å². The maximum Gasteiger partial charge on any atom is 0.209 e. The van der Waals surface area contributed by atoms with Crippen LogP contribution in [0.3, 0.4) is 0 Å². The van der Waals surface area contributed by atoms with Crippen molar-refractivity contribution in [2.24, 2.45) is 0 Å². The molecule has 0 spiro atoms. The Hall–Kier alpha value is -0.910. The highest BCUT2D eigenvalue weighted by atomic mass is 32.2. The Labute approximate surface area is 110 Å². The average molecular weight is 270 g/mol. The molecule has 0 heterocycles. The lowest BCUT2D eigenvalue weighted by Gasteiger charge is -2.25. The van der Waals surface area contributed by atoms with E-state index in [2.05, 4.69) is 23.5 Å². The van der Waals surface area contributed by atoms with E-state index in [9.17, 15) is 8.42 Å². The van der Waals surface area contributed by atoms with E-state index in [-0.39, 0.29) is 6.04 Å². The fourth-order valence-electron chi connectivity index (χ4n) is 1.89. The Morgan fingerprint density at radius 3 is 2.17 bits per heavy atom. The van der Waals surface area contributed by atoms with Crippen molar-refractivity contribution >= 4 is 10.0 Å². The summed E-state index contributed by atoms with van der Waals surface area (Å²) >= 11 is 0. The molecule has 0 aliphatic heterocycles. The molecule has 0 amide bonds. The predicted molar refractivity (Wildman–Crippen MR) is 75.0 cm³/mol. The molecule has 0 bridgehead atoms. The highest BCUT2D eigenvalue weighted by molar-refractivity contribution is 7.88. The molecule has 0 saturated carbocycles. The minimum Gasteiger partial charge on any atom is -0.302 e. The number of likely N-dealkylation sites (N-methyl/N-ethyl adjacent to an activating group) is 1. The van der Waals surface area contributed by atoms with Gasteiger partial charge < -0.3 is 4.90 Å². The first kappa shape index (κ1) is 15.1. The minimum atomic E-state index is -3.21. The van der Waals surface area contributed by atoms with Gasteiger partial charge in [-0.05, 0) is 18.7 Å². The van der Waals surface area contributed by atoms with E-state index in [0.717, 1.165) is 18.7 Å². The van der Waals surface area contributed by atoms with Gasteiger partial charge >= 0.3 is 0 Å². The lowest BCUT2D eigenvalue weighted by molar-refractivity contribution is 0.277. The summed E-state index contributed by atoms with van der Waals surface area (Å²) in [5.41, 5.74) is 0.995. The van der Waals surface area contributed by atoms with E-state index in [1.165, 1.54) is 6.26 Å². The molecule has 0 saturated heterocycles. The lowest BCUT2D eigenvalue weighted by Crippen LogP contribution is -2.37. The Morgan fingerprint density at radius 2 is 1.72 bits per heavy atom. The zero-order chi connectivity index (χ0) is 13.6. The minimum absolute atomic E-state index is 0.193. The van der Waals surface area contributed by atoms with Gasteiger partial charge in [0.05, 0.1) is 12.3 Å². The molecule has 0 unspecified atom stereocenters. The first-order valence-corrected chi connectivity index (χ1v) is 8.10. The van der Waals surface area contributed by atoms with E-state index < -0.39 is 10.0 Å². The third-order valence-corrected chi connectivity index (χ3v) is 3.61. The molecule has 1 rings (SSSR count). The molecular weight excluding hydrogens is 248 g/mol. The third-order valence-electron chi connectivity index (χ3n) is 2.89. The second-order valence-electron chi connectivity index (χ2n) is 4.34. The van der Waals surface area contributed by atoms with Crippen LogP contribution < -0.4 is 4.72 Å². The standard InChI is InChI=1S/C13H22N2O2S/c1-4-15(5-2)11-13(14-18(3,16)17)12-9-7-6-8-10-12/h6-10,13-14H,4-5,11H2,1-3H3/t13-/m0/s1. The second kappa shape index (κ2) is 6.87. The van der Waals surface area contributed by atoms with E-state index in [1.54, 1.807) is 0 Å². The van der Waals surface area contributed by atoms with Crippen LogP contribution in [-0.4, -0.2) is 39.2 Å². The van der Waals surface area contributed by atoms with Gasteiger partial charge in [0, 0.05) is 6.54 Å². The zero-order valence-corrected chi connectivity index (χ0v) is 12.1. The van der Waals surface area contributed by atoms with Crippen LogP contribution in [0.2, 0.25) is 0 Å². The number of sulfonamides is 1. The SMILES string of the molecule is CCN(CC)C[C@H](NS(C)(=O)=O)c1ccccc1. The van der Waals surface area contributed by atoms with E-state index in [1.807, 2.05) is 30.3 Å². The smallest absolute Gasteiger partial charge is 0.209 e. The Bertz CT molecular complexity index is 441. The Morgan fingerprint density at radius 1 is 1.17 bits per heavy atom. The van der Waals surface area contributed by atoms with Gasteiger partial charge in [0.2, 0.25) is 10.0 Å². The number of hydrogen-bond donors (Lipinski definition) is 1. The molecular formula is C13H22N2O2S. The number of hydrogen-bond acceptors (Lipinski definition) is 3. The van der Waals surface area contributed by atoms with Gasteiger partial charge in [0.1, 0.15) is 0 Å². The van der Waals surface area contributed by atoms with E-state index >= 15 is 0 Å². The van der Waals surface area contributed by atoms with Crippen LogP contribution in [0.25, 0.3) is 0 Å². The van der Waals surface area contributed by atoms with Crippen molar-refractivity contribution in [1.29, 1.82) is 0 Å². The molecule has 1 aromatic rings. The molecule has 0 aromatic heterocycles. The number of rotatable bonds is 7. The quantitative estimate of drug-likeness (QED) is 0.819. The van der Waals surface area contributed by atoms with Crippen LogP contribution >= 0.6 is 0 Å². The molecule has 0 aliphatic rings. The van der Waals surface area contributed by atoms with Crippen molar-refractivity contribution in [2.45, 2.75) is 19.9 Å². The molecule has 18 heavy (non-hydrogen) atoms. The van der Waals surface area contributed by atoms with Gasteiger partial charge in [0.15, 0.2) is 0 Å². The maximum absolute atomic E-state index is 11.4. The van der Waals surface area contributed by atoms with Crippen molar-refractivity contribution in [3.8, 4) is 0 Å². The highest BCUT2D eigenvalue weighted by Crippen LogP contribution is 2.15. The summed E-state index contributed by atoms with van der Waals surface area (Å²) in [6.45, 7) is 6.65. The second-order valence-corrected chi connectivity index (χ2v) is 6.12. The van der Waals surface area contributed by atoms with Gasteiger partial charge in [-0.25, -0.2) is 13.1 Å². The summed E-state index contributed by atoms with van der Waals surface area (Å²) in [6.07, 6.45) is 1.20. The highest BCUT2D eigenvalue weighted by Gasteiger charge is 2.18. The summed E-state index contributed by atoms with van der Waals surface area (Å²) in [6, 6.07) is 9.49. The first-order chi connectivity index (χ1) is 8.46. The maximum atomic E-state index is 11.4. The Kier molecular flexibility index (Phi) is 5.78. The first-order valence-electron chi connectivity index (χ1n) is 6.20. The van der Waals surface area contributed by atoms with Crippen LogP contribution in [0.1, 0.15) is 25.5 Å². The monoisotopic (exact) mass is 270 g/mol. The van der Waals surface area contributed by atoms with Crippen molar-refractivity contribution in [1.82, 2.24) is 9.62 Å². The molecule has 0 fully saturated rings. The summed E-state index contributed by atoms with van der Waals surface area (Å²) in [5.74, 6) is 0. The van der Waals surface area contributed by atoms with Gasteiger partial charge in [-0.15, -0.1) is 0 Å². The molecule has 1 atom stereocenters. The fraction of sp³-hybridized carbons (Fsp3) is 0.538. The fourth-order valence-corrected chi connectivity index (χ4v) is 2.62. The normalized spacial score (nSPS) is 13.8. The van der Waals surface area contributed by atoms with Crippen molar-refractivity contribution in [3.05, 3.63) is 35.9 Å². The summed E-state index contributed by atoms with van der Waals surface area (Å²) in [4.78, 5) is 2.20. The molecule has 5 heteroatoms. The number of benzene rings is 1. The Balaban J connectivity index is 2.89. The van der Waals surface area contributed by atoms with E-state index in [0.29, 0.717) is 6.54 Å². The molecule has 1 N–H and O–H groups in total. The molecule has 102 valence electrons. The molecule has 4 nitrogen and oxygen atoms in total. The van der Waals surface area contributed by atoms with Crippen LogP contribution in [0.5, 0.6) is 0 Å². The average Bonchev–Trinajstić information content (AvgIpc) is 2.34. The van der Waals surface area contributed by atoms with Gasteiger partial charge in [0.25, 0.3) is 0 Å². The van der Waals surface area contributed by atoms with Crippen LogP contribution in [0, 0.1) is 0 Å². The van der Waals surface area contributed by atoms with E-state index in [4.69, 9.17) is 0 Å². The van der Waals surface area contributed by atoms with Crippen LogP contribution in [-0.2, 0) is 10.0 Å². The molecule has 0 radical (unpaired) electrons. The number of nitrogens with zero attached hydrogens (tertiary/aromatic N) is 1. The van der Waals surface area contributed by atoms with Crippen LogP contribution in [0.4, 0.5) is 0 Å². The lowest BCUT2D eigenvalue weighted by atomic mass is 10.1. The third kappa shape index (κ3) is 5.16. The van der Waals surface area contributed by atoms with Crippen molar-refractivity contribution in [3.63, 3.8) is 0 Å².